The van der Waals surface area contributed by atoms with Gasteiger partial charge in [0.25, 0.3) is 0 Å². The molecule has 1 saturated carbocycles. The van der Waals surface area contributed by atoms with Crippen LogP contribution in [0.3, 0.4) is 0 Å². The van der Waals surface area contributed by atoms with Gasteiger partial charge in [0.2, 0.25) is 0 Å². The number of rotatable bonds is 2. The summed E-state index contributed by atoms with van der Waals surface area (Å²) in [6.45, 7) is 0.112. The average Bonchev–Trinajstić information content (AvgIpc) is 2.87. The molecular weight excluding hydrogens is 136 g/mol. The molecule has 1 fully saturated rings. The fourth-order valence-electron chi connectivity index (χ4n) is 1.30. The fraction of sp³-hybridized carbons (Fsp3) is 0.400. The van der Waals surface area contributed by atoms with Crippen LogP contribution < -0.4 is 0 Å². The lowest BCUT2D eigenvalue weighted by Gasteiger charge is -1.99. The van der Waals surface area contributed by atoms with Crippen molar-refractivity contribution in [1.82, 2.24) is 0 Å². The van der Waals surface area contributed by atoms with Gasteiger partial charge in [-0.15, -0.1) is 0 Å². The van der Waals surface area contributed by atoms with Gasteiger partial charge in [0, 0.05) is 0 Å². The van der Waals surface area contributed by atoms with E-state index in [0.29, 0.717) is 0 Å². The van der Waals surface area contributed by atoms with E-state index in [1.165, 1.54) is 18.4 Å². The molecule has 0 bridgehead atoms. The Labute approximate surface area is 66.7 Å². The highest BCUT2D eigenvalue weighted by atomic mass is 16.3. The number of hydrogen-bond donors (Lipinski definition) is 1. The first-order valence-electron chi connectivity index (χ1n) is 4.01. The quantitative estimate of drug-likeness (QED) is 0.677. The van der Waals surface area contributed by atoms with Crippen molar-refractivity contribution in [1.29, 1.82) is 0 Å². The van der Waals surface area contributed by atoms with Crippen molar-refractivity contribution in [3.63, 3.8) is 0 Å². The lowest BCUT2D eigenvalue weighted by molar-refractivity contribution is 0.281. The minimum atomic E-state index is 0.112. The molecule has 1 nitrogen and oxygen atoms in total. The molecule has 1 N–H and O–H groups in total. The molecule has 0 spiro atoms. The first kappa shape index (κ1) is 6.86. The Morgan fingerprint density at radius 1 is 1.55 bits per heavy atom. The van der Waals surface area contributed by atoms with E-state index < -0.39 is 0 Å². The molecule has 0 saturated heterocycles. The maximum absolute atomic E-state index is 8.83. The number of benzene rings is 1. The van der Waals surface area contributed by atoms with Crippen LogP contribution in [0.5, 0.6) is 0 Å². The standard InChI is InChI=1S/C10H11O/c11-7-8-2-1-3-10(6-8)9-4-5-9/h1,3,6,9,11H,4-5,7H2. The molecule has 1 aliphatic carbocycles. The molecule has 1 aliphatic rings. The molecule has 0 heterocycles. The topological polar surface area (TPSA) is 20.2 Å². The molecule has 1 radical (unpaired) electrons. The first-order valence-corrected chi connectivity index (χ1v) is 4.01. The van der Waals surface area contributed by atoms with Gasteiger partial charge in [0.1, 0.15) is 0 Å². The van der Waals surface area contributed by atoms with Crippen molar-refractivity contribution in [2.24, 2.45) is 0 Å². The van der Waals surface area contributed by atoms with E-state index in [4.69, 9.17) is 5.11 Å². The summed E-state index contributed by atoms with van der Waals surface area (Å²) < 4.78 is 0. The van der Waals surface area contributed by atoms with E-state index in [0.717, 1.165) is 11.5 Å². The SMILES string of the molecule is OCc1[c]ccc(C2CC2)c1. The fourth-order valence-corrected chi connectivity index (χ4v) is 1.30. The van der Waals surface area contributed by atoms with Crippen LogP contribution in [-0.4, -0.2) is 5.11 Å². The van der Waals surface area contributed by atoms with E-state index in [-0.39, 0.29) is 6.61 Å². The van der Waals surface area contributed by atoms with Crippen molar-refractivity contribution >= 4 is 0 Å². The molecule has 0 aliphatic heterocycles. The van der Waals surface area contributed by atoms with Crippen LogP contribution in [0.4, 0.5) is 0 Å². The van der Waals surface area contributed by atoms with Crippen molar-refractivity contribution < 1.29 is 5.11 Å². The van der Waals surface area contributed by atoms with Crippen LogP contribution in [0, 0.1) is 6.07 Å². The minimum absolute atomic E-state index is 0.112. The Morgan fingerprint density at radius 3 is 3.00 bits per heavy atom. The van der Waals surface area contributed by atoms with Gasteiger partial charge in [-0.05, 0) is 36.0 Å². The minimum Gasteiger partial charge on any atom is -0.392 e. The summed E-state index contributed by atoms with van der Waals surface area (Å²) in [6.07, 6.45) is 2.63. The smallest absolute Gasteiger partial charge is 0.0687 e. The summed E-state index contributed by atoms with van der Waals surface area (Å²) in [4.78, 5) is 0. The van der Waals surface area contributed by atoms with Gasteiger partial charge < -0.3 is 5.11 Å². The lowest BCUT2D eigenvalue weighted by Crippen LogP contribution is -1.85. The summed E-state index contributed by atoms with van der Waals surface area (Å²) in [5.74, 6) is 0.773. The highest BCUT2D eigenvalue weighted by molar-refractivity contribution is 5.27. The summed E-state index contributed by atoms with van der Waals surface area (Å²) in [7, 11) is 0. The normalized spacial score (nSPS) is 16.8. The van der Waals surface area contributed by atoms with E-state index >= 15 is 0 Å². The maximum atomic E-state index is 8.83. The Bertz CT molecular complexity index is 251. The molecule has 0 amide bonds. The zero-order chi connectivity index (χ0) is 7.68. The summed E-state index contributed by atoms with van der Waals surface area (Å²) in [6, 6.07) is 9.04. The zero-order valence-electron chi connectivity index (χ0n) is 6.38. The van der Waals surface area contributed by atoms with Crippen LogP contribution in [0.1, 0.15) is 29.9 Å². The van der Waals surface area contributed by atoms with E-state index in [1.807, 2.05) is 6.07 Å². The van der Waals surface area contributed by atoms with Crippen molar-refractivity contribution in [3.05, 3.63) is 35.4 Å². The van der Waals surface area contributed by atoms with Gasteiger partial charge in [0.05, 0.1) is 6.61 Å². The summed E-state index contributed by atoms with van der Waals surface area (Å²) >= 11 is 0. The largest absolute Gasteiger partial charge is 0.392 e. The van der Waals surface area contributed by atoms with Crippen LogP contribution in [0.25, 0.3) is 0 Å². The molecule has 11 heavy (non-hydrogen) atoms. The van der Waals surface area contributed by atoms with E-state index in [2.05, 4.69) is 18.2 Å². The van der Waals surface area contributed by atoms with E-state index in [9.17, 15) is 0 Å². The monoisotopic (exact) mass is 147 g/mol. The Balaban J connectivity index is 2.26. The van der Waals surface area contributed by atoms with Gasteiger partial charge >= 0.3 is 0 Å². The second-order valence-corrected chi connectivity index (χ2v) is 3.08. The molecule has 0 atom stereocenters. The molecule has 0 aromatic heterocycles. The highest BCUT2D eigenvalue weighted by Gasteiger charge is 2.23. The predicted molar refractivity (Wildman–Crippen MR) is 43.2 cm³/mol. The third kappa shape index (κ3) is 1.43. The Morgan fingerprint density at radius 2 is 2.36 bits per heavy atom. The van der Waals surface area contributed by atoms with Gasteiger partial charge in [-0.25, -0.2) is 0 Å². The summed E-state index contributed by atoms with van der Waals surface area (Å²) in [5, 5.41) is 8.83. The van der Waals surface area contributed by atoms with Gasteiger partial charge in [-0.2, -0.15) is 0 Å². The molecule has 1 aromatic carbocycles. The maximum Gasteiger partial charge on any atom is 0.0687 e. The van der Waals surface area contributed by atoms with Crippen LogP contribution in [0.2, 0.25) is 0 Å². The molecule has 57 valence electrons. The second kappa shape index (κ2) is 2.67. The third-order valence-electron chi connectivity index (χ3n) is 2.10. The van der Waals surface area contributed by atoms with Crippen LogP contribution in [-0.2, 0) is 6.61 Å². The van der Waals surface area contributed by atoms with Gasteiger partial charge in [-0.1, -0.05) is 18.2 Å². The number of aliphatic hydroxyl groups is 1. The molecule has 1 heteroatoms. The number of aliphatic hydroxyl groups excluding tert-OH is 1. The highest BCUT2D eigenvalue weighted by Crippen LogP contribution is 2.39. The lowest BCUT2D eigenvalue weighted by atomic mass is 10.1. The molecule has 2 rings (SSSR count). The van der Waals surface area contributed by atoms with Crippen LogP contribution in [0.15, 0.2) is 18.2 Å². The molecular formula is C10H11O. The molecule has 1 aromatic rings. The third-order valence-corrected chi connectivity index (χ3v) is 2.10. The van der Waals surface area contributed by atoms with E-state index in [1.54, 1.807) is 0 Å². The zero-order valence-corrected chi connectivity index (χ0v) is 6.38. The molecule has 0 unspecified atom stereocenters. The first-order chi connectivity index (χ1) is 5.40. The van der Waals surface area contributed by atoms with Crippen molar-refractivity contribution in [3.8, 4) is 0 Å². The average molecular weight is 147 g/mol. The predicted octanol–water partition coefficient (Wildman–Crippen LogP) is 1.86. The van der Waals surface area contributed by atoms with Crippen LogP contribution >= 0.6 is 0 Å². The van der Waals surface area contributed by atoms with Gasteiger partial charge in [-0.3, -0.25) is 0 Å². The summed E-state index contributed by atoms with van der Waals surface area (Å²) in [5.41, 5.74) is 2.28. The van der Waals surface area contributed by atoms with Gasteiger partial charge in [0.15, 0.2) is 0 Å². The number of hydrogen-bond acceptors (Lipinski definition) is 1. The van der Waals surface area contributed by atoms with Crippen molar-refractivity contribution in [2.75, 3.05) is 0 Å². The van der Waals surface area contributed by atoms with Crippen molar-refractivity contribution in [2.45, 2.75) is 25.4 Å². The Kier molecular flexibility index (Phi) is 1.66. The Hall–Kier alpha value is -0.820. The second-order valence-electron chi connectivity index (χ2n) is 3.08.